The first-order chi connectivity index (χ1) is 10.2. The van der Waals surface area contributed by atoms with Crippen LogP contribution in [0.2, 0.25) is 0 Å². The topological polar surface area (TPSA) is 56.3 Å². The summed E-state index contributed by atoms with van der Waals surface area (Å²) in [4.78, 5) is 8.77. The van der Waals surface area contributed by atoms with E-state index in [1.807, 2.05) is 18.2 Å². The maximum Gasteiger partial charge on any atom is 0.161 e. The summed E-state index contributed by atoms with van der Waals surface area (Å²) in [6, 6.07) is 5.82. The number of ether oxygens (including phenoxy) is 2. The van der Waals surface area contributed by atoms with Crippen LogP contribution in [-0.2, 0) is 6.42 Å². The molecule has 0 saturated heterocycles. The number of nitrogens with one attached hydrogen (secondary N) is 1. The minimum absolute atomic E-state index is 0.695. The molecule has 0 atom stereocenters. The Bertz CT molecular complexity index is 614. The molecule has 1 aromatic carbocycles. The third-order valence-electron chi connectivity index (χ3n) is 3.30. The average molecular weight is 287 g/mol. The zero-order valence-electron chi connectivity index (χ0n) is 12.9. The van der Waals surface area contributed by atoms with Gasteiger partial charge in [-0.3, -0.25) is 0 Å². The van der Waals surface area contributed by atoms with E-state index in [1.165, 1.54) is 0 Å². The zero-order valence-corrected chi connectivity index (χ0v) is 12.9. The van der Waals surface area contributed by atoms with E-state index >= 15 is 0 Å². The predicted molar refractivity (Wildman–Crippen MR) is 84.1 cm³/mol. The highest BCUT2D eigenvalue weighted by atomic mass is 16.5. The highest BCUT2D eigenvalue weighted by Gasteiger charge is 2.13. The van der Waals surface area contributed by atoms with Crippen LogP contribution in [0, 0.1) is 0 Å². The van der Waals surface area contributed by atoms with Gasteiger partial charge in [0.05, 0.1) is 19.9 Å². The normalized spacial score (nSPS) is 10.3. The fourth-order valence-electron chi connectivity index (χ4n) is 2.30. The van der Waals surface area contributed by atoms with Crippen molar-refractivity contribution in [3.05, 3.63) is 30.1 Å². The average Bonchev–Trinajstić information content (AvgIpc) is 2.54. The number of hydrogen-bond acceptors (Lipinski definition) is 5. The van der Waals surface area contributed by atoms with Gasteiger partial charge in [0.2, 0.25) is 0 Å². The van der Waals surface area contributed by atoms with Crippen molar-refractivity contribution in [2.75, 3.05) is 26.1 Å². The molecule has 2 aromatic rings. The Morgan fingerprint density at radius 1 is 1.05 bits per heavy atom. The molecule has 5 heteroatoms. The quantitative estimate of drug-likeness (QED) is 0.884. The lowest BCUT2D eigenvalue weighted by Gasteiger charge is -2.14. The van der Waals surface area contributed by atoms with Gasteiger partial charge in [-0.15, -0.1) is 0 Å². The molecule has 112 valence electrons. The number of aromatic nitrogens is 2. The summed E-state index contributed by atoms with van der Waals surface area (Å²) < 4.78 is 10.6. The van der Waals surface area contributed by atoms with Crippen LogP contribution in [0.3, 0.4) is 0 Å². The number of benzene rings is 1. The van der Waals surface area contributed by atoms with Gasteiger partial charge < -0.3 is 14.8 Å². The Balaban J connectivity index is 2.53. The second-order valence-electron chi connectivity index (χ2n) is 4.50. The molecule has 0 radical (unpaired) electrons. The highest BCUT2D eigenvalue weighted by molar-refractivity contribution is 5.70. The molecule has 0 aliphatic heterocycles. The van der Waals surface area contributed by atoms with E-state index in [4.69, 9.17) is 9.47 Å². The predicted octanol–water partition coefficient (Wildman–Crippen LogP) is 3.16. The van der Waals surface area contributed by atoms with Crippen molar-refractivity contribution in [1.82, 2.24) is 9.97 Å². The molecule has 0 aliphatic rings. The molecule has 0 bridgehead atoms. The van der Waals surface area contributed by atoms with Crippen molar-refractivity contribution in [3.8, 4) is 22.8 Å². The number of nitrogens with zero attached hydrogens (tertiary/aromatic N) is 2. The monoisotopic (exact) mass is 287 g/mol. The molecule has 0 fully saturated rings. The van der Waals surface area contributed by atoms with Crippen LogP contribution in [0.25, 0.3) is 11.3 Å². The van der Waals surface area contributed by atoms with E-state index in [-0.39, 0.29) is 0 Å². The van der Waals surface area contributed by atoms with Crippen molar-refractivity contribution < 1.29 is 9.47 Å². The number of methoxy groups -OCH3 is 2. The molecule has 1 N–H and O–H groups in total. The van der Waals surface area contributed by atoms with E-state index in [9.17, 15) is 0 Å². The molecule has 5 nitrogen and oxygen atoms in total. The molecule has 1 heterocycles. The molecule has 0 unspecified atom stereocenters. The summed E-state index contributed by atoms with van der Waals surface area (Å²) in [5.41, 5.74) is 3.02. The van der Waals surface area contributed by atoms with Crippen molar-refractivity contribution >= 4 is 5.82 Å². The lowest BCUT2D eigenvalue weighted by atomic mass is 10.0. The van der Waals surface area contributed by atoms with Crippen molar-refractivity contribution in [1.29, 1.82) is 0 Å². The smallest absolute Gasteiger partial charge is 0.161 e. The summed E-state index contributed by atoms with van der Waals surface area (Å²) in [7, 11) is 3.26. The van der Waals surface area contributed by atoms with Crippen LogP contribution in [-0.4, -0.2) is 30.7 Å². The maximum absolute atomic E-state index is 5.37. The second kappa shape index (κ2) is 6.92. The van der Waals surface area contributed by atoms with Gasteiger partial charge in [0, 0.05) is 17.7 Å². The Labute approximate surface area is 125 Å². The third-order valence-corrected chi connectivity index (χ3v) is 3.30. The third kappa shape index (κ3) is 3.07. The van der Waals surface area contributed by atoms with Gasteiger partial charge in [0.15, 0.2) is 11.5 Å². The molecule has 1 aromatic heterocycles. The van der Waals surface area contributed by atoms with Crippen LogP contribution in [0.15, 0.2) is 24.5 Å². The first-order valence-electron chi connectivity index (χ1n) is 7.05. The summed E-state index contributed by atoms with van der Waals surface area (Å²) in [6.07, 6.45) is 2.44. The molecule has 21 heavy (non-hydrogen) atoms. The largest absolute Gasteiger partial charge is 0.493 e. The fourth-order valence-corrected chi connectivity index (χ4v) is 2.30. The van der Waals surface area contributed by atoms with Crippen molar-refractivity contribution in [2.45, 2.75) is 20.3 Å². The second-order valence-corrected chi connectivity index (χ2v) is 4.50. The first-order valence-corrected chi connectivity index (χ1v) is 7.05. The van der Waals surface area contributed by atoms with E-state index < -0.39 is 0 Å². The summed E-state index contributed by atoms with van der Waals surface area (Å²) in [5, 5.41) is 3.28. The summed E-state index contributed by atoms with van der Waals surface area (Å²) >= 11 is 0. The standard InChI is InChI=1S/C16H21N3O2/c1-5-12-15(18-10-19-16(12)17-6-2)11-7-8-13(20-3)14(9-11)21-4/h7-10H,5-6H2,1-4H3,(H,17,18,19). The molecule has 2 rings (SSSR count). The molecule has 0 saturated carbocycles. The van der Waals surface area contributed by atoms with E-state index in [0.29, 0.717) is 11.5 Å². The van der Waals surface area contributed by atoms with Crippen LogP contribution in [0.1, 0.15) is 19.4 Å². The number of hydrogen-bond donors (Lipinski definition) is 1. The Hall–Kier alpha value is -2.30. The SMILES string of the molecule is CCNc1ncnc(-c2ccc(OC)c(OC)c2)c1CC. The van der Waals surface area contributed by atoms with Gasteiger partial charge in [0.1, 0.15) is 12.1 Å². The summed E-state index contributed by atoms with van der Waals surface area (Å²) in [6.45, 7) is 4.98. The first kappa shape index (κ1) is 15.1. The molecule has 0 amide bonds. The Morgan fingerprint density at radius 3 is 2.43 bits per heavy atom. The number of anilines is 1. The van der Waals surface area contributed by atoms with E-state index in [1.54, 1.807) is 20.5 Å². The summed E-state index contributed by atoms with van der Waals surface area (Å²) in [5.74, 6) is 2.29. The van der Waals surface area contributed by atoms with Crippen LogP contribution < -0.4 is 14.8 Å². The van der Waals surface area contributed by atoms with Gasteiger partial charge in [-0.2, -0.15) is 0 Å². The fraction of sp³-hybridized carbons (Fsp3) is 0.375. The lowest BCUT2D eigenvalue weighted by Crippen LogP contribution is -2.05. The Morgan fingerprint density at radius 2 is 1.81 bits per heavy atom. The zero-order chi connectivity index (χ0) is 15.2. The van der Waals surface area contributed by atoms with Crippen molar-refractivity contribution in [2.24, 2.45) is 0 Å². The minimum atomic E-state index is 0.695. The van der Waals surface area contributed by atoms with Gasteiger partial charge in [-0.05, 0) is 31.5 Å². The minimum Gasteiger partial charge on any atom is -0.493 e. The van der Waals surface area contributed by atoms with Crippen LogP contribution in [0.5, 0.6) is 11.5 Å². The van der Waals surface area contributed by atoms with E-state index in [2.05, 4.69) is 29.1 Å². The van der Waals surface area contributed by atoms with Crippen LogP contribution >= 0.6 is 0 Å². The molecular formula is C16H21N3O2. The van der Waals surface area contributed by atoms with Gasteiger partial charge in [-0.25, -0.2) is 9.97 Å². The lowest BCUT2D eigenvalue weighted by molar-refractivity contribution is 0.355. The van der Waals surface area contributed by atoms with Gasteiger partial charge in [-0.1, -0.05) is 6.92 Å². The van der Waals surface area contributed by atoms with Crippen molar-refractivity contribution in [3.63, 3.8) is 0 Å². The number of rotatable bonds is 6. The molecule has 0 spiro atoms. The van der Waals surface area contributed by atoms with Crippen LogP contribution in [0.4, 0.5) is 5.82 Å². The maximum atomic E-state index is 5.37. The highest BCUT2D eigenvalue weighted by Crippen LogP contribution is 2.34. The van der Waals surface area contributed by atoms with Gasteiger partial charge >= 0.3 is 0 Å². The van der Waals surface area contributed by atoms with Gasteiger partial charge in [0.25, 0.3) is 0 Å². The molecule has 0 aliphatic carbocycles. The Kier molecular flexibility index (Phi) is 4.98. The molecular weight excluding hydrogens is 266 g/mol. The van der Waals surface area contributed by atoms with E-state index in [0.717, 1.165) is 35.6 Å².